The average molecular weight is 446 g/mol. The van der Waals surface area contributed by atoms with Gasteiger partial charge in [0.05, 0.1) is 11.5 Å². The molecule has 31 heavy (non-hydrogen) atoms. The predicted octanol–water partition coefficient (Wildman–Crippen LogP) is 6.11. The molecule has 6 heteroatoms. The molecule has 2 aromatic carbocycles. The number of nitrogens with one attached hydrogen (secondary N) is 1. The fourth-order valence-corrected chi connectivity index (χ4v) is 4.34. The Morgan fingerprint density at radius 2 is 1.42 bits per heavy atom. The normalized spacial score (nSPS) is 11.3. The average Bonchev–Trinajstić information content (AvgIpc) is 2.78. The van der Waals surface area contributed by atoms with E-state index in [4.69, 9.17) is 4.74 Å². The van der Waals surface area contributed by atoms with Gasteiger partial charge >= 0.3 is 0 Å². The van der Waals surface area contributed by atoms with Gasteiger partial charge in [-0.15, -0.1) is 0 Å². The molecule has 0 aromatic heterocycles. The van der Waals surface area contributed by atoms with E-state index in [9.17, 15) is 13.2 Å². The summed E-state index contributed by atoms with van der Waals surface area (Å²) in [5.41, 5.74) is 0.250. The van der Waals surface area contributed by atoms with Crippen LogP contribution < -0.4 is 9.46 Å². The van der Waals surface area contributed by atoms with Crippen molar-refractivity contribution in [2.75, 3.05) is 6.61 Å². The van der Waals surface area contributed by atoms with Crippen molar-refractivity contribution < 1.29 is 17.9 Å². The third-order valence-corrected chi connectivity index (χ3v) is 6.49. The number of rotatable bonds is 15. The summed E-state index contributed by atoms with van der Waals surface area (Å²) >= 11 is 0. The Morgan fingerprint density at radius 3 is 2.06 bits per heavy atom. The van der Waals surface area contributed by atoms with Crippen LogP contribution in [0.2, 0.25) is 0 Å². The minimum atomic E-state index is -3.90. The minimum Gasteiger partial charge on any atom is -0.494 e. The van der Waals surface area contributed by atoms with E-state index in [1.807, 2.05) is 0 Å². The number of unbranched alkanes of at least 4 members (excludes halogenated alkanes) is 9. The molecule has 170 valence electrons. The first-order valence-corrected chi connectivity index (χ1v) is 12.9. The molecule has 0 spiro atoms. The van der Waals surface area contributed by atoms with E-state index in [-0.39, 0.29) is 10.5 Å². The summed E-state index contributed by atoms with van der Waals surface area (Å²) in [7, 11) is -3.90. The molecule has 0 saturated carbocycles. The largest absolute Gasteiger partial charge is 0.494 e. The quantitative estimate of drug-likeness (QED) is 0.336. The van der Waals surface area contributed by atoms with Crippen molar-refractivity contribution in [3.63, 3.8) is 0 Å². The summed E-state index contributed by atoms with van der Waals surface area (Å²) < 4.78 is 32.5. The van der Waals surface area contributed by atoms with Crippen LogP contribution >= 0.6 is 0 Å². The van der Waals surface area contributed by atoms with Crippen molar-refractivity contribution in [3.05, 3.63) is 60.2 Å². The summed E-state index contributed by atoms with van der Waals surface area (Å²) in [5, 5.41) is 0. The highest BCUT2D eigenvalue weighted by molar-refractivity contribution is 7.90. The predicted molar refractivity (Wildman–Crippen MR) is 125 cm³/mol. The van der Waals surface area contributed by atoms with Gasteiger partial charge in [0, 0.05) is 5.56 Å². The first-order chi connectivity index (χ1) is 15.0. The number of hydrogen-bond donors (Lipinski definition) is 1. The number of carbonyl (C=O) groups is 1. The number of sulfonamides is 1. The highest BCUT2D eigenvalue weighted by Gasteiger charge is 2.18. The van der Waals surface area contributed by atoms with Gasteiger partial charge in [0.2, 0.25) is 0 Å². The standard InChI is InChI=1S/C25H35NO4S/c1-2-3-4-5-6-7-8-9-10-14-20-30-23-17-15-16-22(21-23)25(27)26-31(28,29)24-18-12-11-13-19-24/h11-13,15-19,21H,2-10,14,20H2,1H3,(H,26,27). The lowest BCUT2D eigenvalue weighted by molar-refractivity contribution is 0.0981. The van der Waals surface area contributed by atoms with Gasteiger partial charge < -0.3 is 4.74 Å². The fourth-order valence-electron chi connectivity index (χ4n) is 3.35. The van der Waals surface area contributed by atoms with Crippen LogP contribution in [-0.2, 0) is 10.0 Å². The molecule has 1 N–H and O–H groups in total. The maximum absolute atomic E-state index is 12.4. The van der Waals surface area contributed by atoms with Crippen molar-refractivity contribution in [2.24, 2.45) is 0 Å². The maximum Gasteiger partial charge on any atom is 0.265 e. The zero-order valence-corrected chi connectivity index (χ0v) is 19.3. The molecule has 0 saturated heterocycles. The molecule has 0 aliphatic heterocycles. The minimum absolute atomic E-state index is 0.0525. The van der Waals surface area contributed by atoms with Crippen molar-refractivity contribution in [3.8, 4) is 5.75 Å². The van der Waals surface area contributed by atoms with Crippen LogP contribution in [0.1, 0.15) is 81.5 Å². The van der Waals surface area contributed by atoms with Crippen molar-refractivity contribution >= 4 is 15.9 Å². The lowest BCUT2D eigenvalue weighted by atomic mass is 10.1. The Balaban J connectivity index is 1.69. The summed E-state index contributed by atoms with van der Waals surface area (Å²) in [6.45, 7) is 2.83. The van der Waals surface area contributed by atoms with Crippen molar-refractivity contribution in [1.82, 2.24) is 4.72 Å². The van der Waals surface area contributed by atoms with Crippen LogP contribution in [0.3, 0.4) is 0 Å². The number of hydrogen-bond acceptors (Lipinski definition) is 4. The molecule has 5 nitrogen and oxygen atoms in total. The fraction of sp³-hybridized carbons (Fsp3) is 0.480. The van der Waals surface area contributed by atoms with Crippen LogP contribution in [-0.4, -0.2) is 20.9 Å². The lowest BCUT2D eigenvalue weighted by Crippen LogP contribution is -2.30. The Kier molecular flexibility index (Phi) is 11.1. The van der Waals surface area contributed by atoms with E-state index in [0.717, 1.165) is 12.8 Å². The van der Waals surface area contributed by atoms with E-state index in [0.29, 0.717) is 12.4 Å². The summed E-state index contributed by atoms with van der Waals surface area (Å²) in [6.07, 6.45) is 12.6. The van der Waals surface area contributed by atoms with Gasteiger partial charge in [0.25, 0.3) is 15.9 Å². The first kappa shape index (κ1) is 24.9. The van der Waals surface area contributed by atoms with Gasteiger partial charge in [-0.05, 0) is 36.8 Å². The Hall–Kier alpha value is -2.34. The van der Waals surface area contributed by atoms with Crippen LogP contribution in [0.4, 0.5) is 0 Å². The van der Waals surface area contributed by atoms with Crippen molar-refractivity contribution in [2.45, 2.75) is 76.0 Å². The van der Waals surface area contributed by atoms with E-state index in [1.54, 1.807) is 42.5 Å². The molecule has 0 radical (unpaired) electrons. The molecule has 2 rings (SSSR count). The lowest BCUT2D eigenvalue weighted by Gasteiger charge is -2.09. The van der Waals surface area contributed by atoms with Crippen LogP contribution in [0.25, 0.3) is 0 Å². The van der Waals surface area contributed by atoms with Gasteiger partial charge in [0.15, 0.2) is 0 Å². The molecular weight excluding hydrogens is 410 g/mol. The second kappa shape index (κ2) is 13.9. The van der Waals surface area contributed by atoms with Gasteiger partial charge in [-0.2, -0.15) is 0 Å². The van der Waals surface area contributed by atoms with E-state index >= 15 is 0 Å². The highest BCUT2D eigenvalue weighted by Crippen LogP contribution is 2.16. The topological polar surface area (TPSA) is 72.5 Å². The second-order valence-electron chi connectivity index (χ2n) is 7.81. The molecule has 0 heterocycles. The Morgan fingerprint density at radius 1 is 0.806 bits per heavy atom. The molecule has 0 bridgehead atoms. The first-order valence-electron chi connectivity index (χ1n) is 11.4. The summed E-state index contributed by atoms with van der Waals surface area (Å²) in [4.78, 5) is 12.5. The third-order valence-electron chi connectivity index (χ3n) is 5.14. The number of ether oxygens (including phenoxy) is 1. The molecular formula is C25H35NO4S. The third kappa shape index (κ3) is 9.55. The van der Waals surface area contributed by atoms with Crippen LogP contribution in [0, 0.1) is 0 Å². The zero-order valence-electron chi connectivity index (χ0n) is 18.5. The Bertz CT molecular complexity index is 881. The highest BCUT2D eigenvalue weighted by atomic mass is 32.2. The molecule has 0 aliphatic carbocycles. The van der Waals surface area contributed by atoms with Crippen LogP contribution in [0.5, 0.6) is 5.75 Å². The molecule has 0 unspecified atom stereocenters. The SMILES string of the molecule is CCCCCCCCCCCCOc1cccc(C(=O)NS(=O)(=O)c2ccccc2)c1. The number of carbonyl (C=O) groups excluding carboxylic acids is 1. The van der Waals surface area contributed by atoms with E-state index in [1.165, 1.54) is 63.5 Å². The van der Waals surface area contributed by atoms with Crippen LogP contribution in [0.15, 0.2) is 59.5 Å². The summed E-state index contributed by atoms with van der Waals surface area (Å²) in [6, 6.07) is 14.5. The monoisotopic (exact) mass is 445 g/mol. The molecule has 2 aromatic rings. The molecule has 0 aliphatic rings. The summed E-state index contributed by atoms with van der Waals surface area (Å²) in [5.74, 6) is -0.103. The second-order valence-corrected chi connectivity index (χ2v) is 9.49. The zero-order chi connectivity index (χ0) is 22.4. The molecule has 1 amide bonds. The van der Waals surface area contributed by atoms with Gasteiger partial charge in [-0.25, -0.2) is 13.1 Å². The number of benzene rings is 2. The van der Waals surface area contributed by atoms with E-state index in [2.05, 4.69) is 11.6 Å². The maximum atomic E-state index is 12.4. The van der Waals surface area contributed by atoms with E-state index < -0.39 is 15.9 Å². The number of amides is 1. The molecule has 0 atom stereocenters. The van der Waals surface area contributed by atoms with Crippen molar-refractivity contribution in [1.29, 1.82) is 0 Å². The smallest absolute Gasteiger partial charge is 0.265 e. The molecule has 0 fully saturated rings. The van der Waals surface area contributed by atoms with Gasteiger partial charge in [0.1, 0.15) is 5.75 Å². The Labute approximate surface area is 187 Å². The van der Waals surface area contributed by atoms with Gasteiger partial charge in [-0.1, -0.05) is 89.0 Å². The van der Waals surface area contributed by atoms with Gasteiger partial charge in [-0.3, -0.25) is 4.79 Å².